The van der Waals surface area contributed by atoms with Crippen LogP contribution in [0.3, 0.4) is 0 Å². The Morgan fingerprint density at radius 2 is 1.96 bits per heavy atom. The Labute approximate surface area is 158 Å². The molecule has 2 heterocycles. The van der Waals surface area contributed by atoms with Gasteiger partial charge in [0.2, 0.25) is 5.91 Å². The number of benzene rings is 1. The molecule has 0 bridgehead atoms. The fourth-order valence-electron chi connectivity index (χ4n) is 3.43. The van der Waals surface area contributed by atoms with Crippen molar-refractivity contribution in [1.29, 1.82) is 5.26 Å². The van der Waals surface area contributed by atoms with Crippen LogP contribution in [0, 0.1) is 31.1 Å². The first kappa shape index (κ1) is 18.8. The molecule has 140 valence electrons. The molecule has 0 spiro atoms. The lowest BCUT2D eigenvalue weighted by molar-refractivity contribution is -0.929. The van der Waals surface area contributed by atoms with E-state index in [1.54, 1.807) is 6.92 Å². The fraction of sp³-hybridized carbons (Fsp3) is 0.400. The second-order valence-corrected chi connectivity index (χ2v) is 7.04. The molecule has 2 aromatic rings. The lowest BCUT2D eigenvalue weighted by Gasteiger charge is -2.28. The number of anilines is 1. The third-order valence-corrected chi connectivity index (χ3v) is 5.23. The van der Waals surface area contributed by atoms with Crippen LogP contribution < -0.4 is 15.8 Å². The van der Waals surface area contributed by atoms with Crippen molar-refractivity contribution in [3.05, 3.63) is 57.5 Å². The van der Waals surface area contributed by atoms with Gasteiger partial charge in [-0.2, -0.15) is 15.0 Å². The Morgan fingerprint density at radius 3 is 2.59 bits per heavy atom. The van der Waals surface area contributed by atoms with Gasteiger partial charge >= 0.3 is 0 Å². The maximum absolute atomic E-state index is 12.4. The first-order chi connectivity index (χ1) is 13.0. The number of rotatable bonds is 4. The van der Waals surface area contributed by atoms with E-state index in [-0.39, 0.29) is 22.9 Å². The van der Waals surface area contributed by atoms with Crippen LogP contribution in [-0.4, -0.2) is 28.8 Å². The lowest BCUT2D eigenvalue weighted by atomic mass is 9.96. The summed E-state index contributed by atoms with van der Waals surface area (Å²) in [7, 11) is 0. The zero-order chi connectivity index (χ0) is 19.4. The van der Waals surface area contributed by atoms with Gasteiger partial charge in [-0.25, -0.2) is 0 Å². The monoisotopic (exact) mass is 366 g/mol. The Morgan fingerprint density at radius 1 is 1.30 bits per heavy atom. The Hall–Kier alpha value is -2.98. The summed E-state index contributed by atoms with van der Waals surface area (Å²) < 4.78 is 1.39. The molecule has 7 nitrogen and oxygen atoms in total. The standard InChI is InChI=1S/C20H23N5O2/c1-14-15(2)23-25(20(27)18(14)12-21)13-24-10-8-16(9-11-24)19(26)22-17-6-4-3-5-7-17/h3-7,16H,8-11,13H2,1-2H3,(H,22,26)/p+1. The molecule has 7 heteroatoms. The van der Waals surface area contributed by atoms with Crippen molar-refractivity contribution in [3.63, 3.8) is 0 Å². The van der Waals surface area contributed by atoms with Crippen LogP contribution >= 0.6 is 0 Å². The van der Waals surface area contributed by atoms with Gasteiger partial charge in [-0.15, -0.1) is 0 Å². The quantitative estimate of drug-likeness (QED) is 0.830. The second kappa shape index (κ2) is 8.14. The molecule has 1 aromatic carbocycles. The van der Waals surface area contributed by atoms with Gasteiger partial charge in [0.1, 0.15) is 11.6 Å². The molecule has 1 amide bonds. The van der Waals surface area contributed by atoms with Gasteiger partial charge in [-0.3, -0.25) is 9.59 Å². The van der Waals surface area contributed by atoms with E-state index in [0.717, 1.165) is 31.6 Å². The average Bonchev–Trinajstić information content (AvgIpc) is 2.68. The predicted molar refractivity (Wildman–Crippen MR) is 101 cm³/mol. The molecular formula is C20H24N5O2+. The molecule has 3 rings (SSSR count). The number of aromatic nitrogens is 2. The van der Waals surface area contributed by atoms with Gasteiger partial charge in [-0.05, 0) is 31.5 Å². The first-order valence-electron chi connectivity index (χ1n) is 9.17. The number of nitrogens with one attached hydrogen (secondary N) is 2. The van der Waals surface area contributed by atoms with Crippen LogP contribution in [0.25, 0.3) is 0 Å². The number of nitriles is 1. The molecule has 0 saturated carbocycles. The van der Waals surface area contributed by atoms with Crippen molar-refractivity contribution < 1.29 is 9.69 Å². The molecule has 0 atom stereocenters. The zero-order valence-electron chi connectivity index (χ0n) is 15.7. The van der Waals surface area contributed by atoms with E-state index < -0.39 is 0 Å². The van der Waals surface area contributed by atoms with Crippen molar-refractivity contribution in [2.75, 3.05) is 18.4 Å². The number of nitrogens with zero attached hydrogens (tertiary/aromatic N) is 3. The predicted octanol–water partition coefficient (Wildman–Crippen LogP) is 0.623. The van der Waals surface area contributed by atoms with Crippen LogP contribution in [0.4, 0.5) is 5.69 Å². The molecule has 0 radical (unpaired) electrons. The van der Waals surface area contributed by atoms with Gasteiger partial charge in [-0.1, -0.05) is 18.2 Å². The van der Waals surface area contributed by atoms with Crippen molar-refractivity contribution in [1.82, 2.24) is 9.78 Å². The van der Waals surface area contributed by atoms with Crippen LogP contribution in [0.15, 0.2) is 35.1 Å². The van der Waals surface area contributed by atoms with E-state index in [4.69, 9.17) is 0 Å². The fourth-order valence-corrected chi connectivity index (χ4v) is 3.43. The normalized spacial score (nSPS) is 19.3. The summed E-state index contributed by atoms with van der Waals surface area (Å²) >= 11 is 0. The number of piperidine rings is 1. The minimum Gasteiger partial charge on any atom is -0.326 e. The Balaban J connectivity index is 1.60. The molecule has 1 aliphatic rings. The molecule has 1 aromatic heterocycles. The summed E-state index contributed by atoms with van der Waals surface area (Å²) in [6.07, 6.45) is 1.53. The van der Waals surface area contributed by atoms with E-state index in [9.17, 15) is 14.9 Å². The molecule has 1 saturated heterocycles. The van der Waals surface area contributed by atoms with Crippen LogP contribution in [0.1, 0.15) is 29.7 Å². The van der Waals surface area contributed by atoms with Gasteiger partial charge in [0.15, 0.2) is 6.67 Å². The number of aryl methyl sites for hydroxylation is 1. The highest BCUT2D eigenvalue weighted by molar-refractivity contribution is 5.92. The van der Waals surface area contributed by atoms with Gasteiger partial charge < -0.3 is 10.2 Å². The van der Waals surface area contributed by atoms with Crippen molar-refractivity contribution in [3.8, 4) is 6.07 Å². The Kier molecular flexibility index (Phi) is 5.67. The van der Waals surface area contributed by atoms with Crippen LogP contribution in [0.2, 0.25) is 0 Å². The first-order valence-corrected chi connectivity index (χ1v) is 9.17. The minimum absolute atomic E-state index is 0.0203. The number of carbonyl (C=O) groups is 1. The van der Waals surface area contributed by atoms with E-state index in [1.165, 1.54) is 9.58 Å². The highest BCUT2D eigenvalue weighted by atomic mass is 16.2. The van der Waals surface area contributed by atoms with Gasteiger partial charge in [0.25, 0.3) is 5.56 Å². The smallest absolute Gasteiger partial charge is 0.289 e. The number of likely N-dealkylation sites (tertiary alicyclic amines) is 1. The maximum atomic E-state index is 12.4. The molecule has 2 N–H and O–H groups in total. The summed E-state index contributed by atoms with van der Waals surface area (Å²) in [5.41, 5.74) is 1.98. The van der Waals surface area contributed by atoms with Crippen LogP contribution in [-0.2, 0) is 11.5 Å². The number of hydrogen-bond donors (Lipinski definition) is 2. The molecular weight excluding hydrogens is 342 g/mol. The molecule has 27 heavy (non-hydrogen) atoms. The van der Waals surface area contributed by atoms with Crippen molar-refractivity contribution >= 4 is 11.6 Å². The van der Waals surface area contributed by atoms with Crippen molar-refractivity contribution in [2.45, 2.75) is 33.4 Å². The highest BCUT2D eigenvalue weighted by Gasteiger charge is 2.28. The number of quaternary nitrogens is 1. The summed E-state index contributed by atoms with van der Waals surface area (Å²) in [5.74, 6) is 0.0292. The van der Waals surface area contributed by atoms with Crippen molar-refractivity contribution in [2.24, 2.45) is 5.92 Å². The van der Waals surface area contributed by atoms with Gasteiger partial charge in [0.05, 0.1) is 18.8 Å². The molecule has 1 fully saturated rings. The number of carbonyl (C=O) groups excluding carboxylic acids is 1. The molecule has 0 aliphatic carbocycles. The zero-order valence-corrected chi connectivity index (χ0v) is 15.7. The topological polar surface area (TPSA) is 92.2 Å². The molecule has 0 unspecified atom stereocenters. The Bertz CT molecular complexity index is 922. The third kappa shape index (κ3) is 4.23. The number of para-hydroxylation sites is 1. The van der Waals surface area contributed by atoms with E-state index in [2.05, 4.69) is 10.4 Å². The summed E-state index contributed by atoms with van der Waals surface area (Å²) in [6, 6.07) is 11.5. The second-order valence-electron chi connectivity index (χ2n) is 7.04. The highest BCUT2D eigenvalue weighted by Crippen LogP contribution is 2.14. The number of amides is 1. The minimum atomic E-state index is -0.336. The maximum Gasteiger partial charge on any atom is 0.289 e. The molecule has 1 aliphatic heterocycles. The largest absolute Gasteiger partial charge is 0.326 e. The van der Waals surface area contributed by atoms with E-state index in [0.29, 0.717) is 17.9 Å². The summed E-state index contributed by atoms with van der Waals surface area (Å²) in [4.78, 5) is 26.0. The van der Waals surface area contributed by atoms with Crippen LogP contribution in [0.5, 0.6) is 0 Å². The third-order valence-electron chi connectivity index (χ3n) is 5.23. The lowest BCUT2D eigenvalue weighted by Crippen LogP contribution is -3.12. The van der Waals surface area contributed by atoms with E-state index >= 15 is 0 Å². The van der Waals surface area contributed by atoms with Gasteiger partial charge in [0, 0.05) is 24.4 Å². The number of hydrogen-bond acceptors (Lipinski definition) is 4. The SMILES string of the molecule is Cc1nn(C[NH+]2CCC(C(=O)Nc3ccccc3)CC2)c(=O)c(C#N)c1C. The van der Waals surface area contributed by atoms with E-state index in [1.807, 2.05) is 43.3 Å². The summed E-state index contributed by atoms with van der Waals surface area (Å²) in [6.45, 7) is 5.55. The summed E-state index contributed by atoms with van der Waals surface area (Å²) in [5, 5.41) is 16.5. The average molecular weight is 366 g/mol.